The molecule has 300 valence electrons. The van der Waals surface area contributed by atoms with E-state index in [0.717, 1.165) is 42.9 Å². The summed E-state index contributed by atoms with van der Waals surface area (Å²) in [5.41, 5.74) is 4.58. The number of aliphatic imine (C=N–C) groups is 1. The molecule has 2 N–H and O–H groups in total. The number of hydrogen-bond donors (Lipinski definition) is 2. The largest absolute Gasteiger partial charge is 0.494 e. The van der Waals surface area contributed by atoms with Gasteiger partial charge in [-0.15, -0.1) is 0 Å². The highest BCUT2D eigenvalue weighted by Crippen LogP contribution is 2.39. The number of hydrogen-bond acceptors (Lipinski definition) is 7. The number of amides is 2. The minimum atomic E-state index is -0.879. The predicted octanol–water partition coefficient (Wildman–Crippen LogP) is 10.6. The lowest BCUT2D eigenvalue weighted by Gasteiger charge is -2.34. The van der Waals surface area contributed by atoms with Crippen molar-refractivity contribution in [3.63, 3.8) is 0 Å². The van der Waals surface area contributed by atoms with Gasteiger partial charge >= 0.3 is 0 Å². The highest BCUT2D eigenvalue weighted by atomic mass is 35.5. The molecule has 0 unspecified atom stereocenters. The van der Waals surface area contributed by atoms with Crippen LogP contribution in [0.5, 0.6) is 5.75 Å². The van der Waals surface area contributed by atoms with E-state index in [1.165, 1.54) is 11.1 Å². The van der Waals surface area contributed by atoms with Gasteiger partial charge in [-0.3, -0.25) is 14.4 Å². The fourth-order valence-electron chi connectivity index (χ4n) is 5.98. The van der Waals surface area contributed by atoms with E-state index in [9.17, 15) is 14.4 Å². The summed E-state index contributed by atoms with van der Waals surface area (Å²) in [6.45, 7) is 25.2. The maximum Gasteiger partial charge on any atom is 0.278 e. The van der Waals surface area contributed by atoms with Crippen LogP contribution < -0.4 is 20.3 Å². The van der Waals surface area contributed by atoms with Gasteiger partial charge in [-0.05, 0) is 109 Å². The molecule has 0 aliphatic heterocycles. The van der Waals surface area contributed by atoms with E-state index in [1.807, 2.05) is 31.2 Å². The number of nitrogens with one attached hydrogen (secondary N) is 2. The molecular weight excluding hydrogens is 712 g/mol. The molecule has 0 saturated carbocycles. The number of carbonyl (C=O) groups excluding carboxylic acids is 3. The first kappa shape index (κ1) is 45.2. The van der Waals surface area contributed by atoms with Gasteiger partial charge in [0, 0.05) is 43.4 Å². The number of benzene rings is 3. The second-order valence-corrected chi connectivity index (χ2v) is 16.8. The van der Waals surface area contributed by atoms with E-state index in [4.69, 9.17) is 21.1 Å². The normalized spacial score (nSPS) is 12.3. The molecule has 0 heterocycles. The van der Waals surface area contributed by atoms with Gasteiger partial charge in [0.05, 0.1) is 29.6 Å². The van der Waals surface area contributed by atoms with Crippen LogP contribution in [0.25, 0.3) is 0 Å². The summed E-state index contributed by atoms with van der Waals surface area (Å²) in [6.07, 6.45) is 2.78. The van der Waals surface area contributed by atoms with E-state index in [2.05, 4.69) is 81.1 Å². The van der Waals surface area contributed by atoms with Gasteiger partial charge in [0.15, 0.2) is 11.5 Å². The molecule has 0 fully saturated rings. The van der Waals surface area contributed by atoms with Crippen LogP contribution in [0.15, 0.2) is 59.6 Å². The minimum Gasteiger partial charge on any atom is -0.494 e. The molecule has 0 spiro atoms. The smallest absolute Gasteiger partial charge is 0.278 e. The quantitative estimate of drug-likeness (QED) is 0.0713. The van der Waals surface area contributed by atoms with E-state index in [0.29, 0.717) is 31.0 Å². The molecule has 0 aliphatic carbocycles. The molecule has 0 bridgehead atoms. The predicted molar refractivity (Wildman–Crippen MR) is 229 cm³/mol. The molecule has 0 aliphatic rings. The summed E-state index contributed by atoms with van der Waals surface area (Å²) in [6, 6.07) is 16.9. The van der Waals surface area contributed by atoms with Gasteiger partial charge in [0.25, 0.3) is 5.91 Å². The third-order valence-corrected chi connectivity index (χ3v) is 10.7. The molecule has 9 nitrogen and oxygen atoms in total. The zero-order valence-corrected chi connectivity index (χ0v) is 35.9. The lowest BCUT2D eigenvalue weighted by molar-refractivity contribution is -0.121. The monoisotopic (exact) mass is 774 g/mol. The van der Waals surface area contributed by atoms with Gasteiger partial charge in [-0.2, -0.15) is 0 Å². The highest BCUT2D eigenvalue weighted by molar-refractivity contribution is 6.68. The molecule has 3 aromatic carbocycles. The van der Waals surface area contributed by atoms with Crippen LogP contribution >= 0.6 is 11.6 Å². The average molecular weight is 775 g/mol. The van der Waals surface area contributed by atoms with E-state index in [1.54, 1.807) is 46.1 Å². The number of ether oxygens (including phenoxy) is 2. The third kappa shape index (κ3) is 12.4. The summed E-state index contributed by atoms with van der Waals surface area (Å²) in [5, 5.41) is 5.91. The number of Topliss-reactive ketones (excluding diaryl/α,β-unsaturated/α-hetero) is 1. The van der Waals surface area contributed by atoms with E-state index >= 15 is 0 Å². The first-order valence-electron chi connectivity index (χ1n) is 19.4. The van der Waals surface area contributed by atoms with Gasteiger partial charge in [-0.25, -0.2) is 4.99 Å². The Balaban J connectivity index is 1.72. The average Bonchev–Trinajstić information content (AvgIpc) is 3.13. The van der Waals surface area contributed by atoms with E-state index in [-0.39, 0.29) is 39.6 Å². The van der Waals surface area contributed by atoms with Gasteiger partial charge in [-0.1, -0.05) is 80.0 Å². The van der Waals surface area contributed by atoms with Crippen molar-refractivity contribution in [2.75, 3.05) is 48.9 Å². The number of ketones is 1. The van der Waals surface area contributed by atoms with Crippen LogP contribution in [0.2, 0.25) is 5.02 Å². The van der Waals surface area contributed by atoms with Crippen molar-refractivity contribution in [2.45, 2.75) is 113 Å². The molecule has 0 saturated heterocycles. The topological polar surface area (TPSA) is 109 Å². The zero-order valence-electron chi connectivity index (χ0n) is 35.2. The van der Waals surface area contributed by atoms with Gasteiger partial charge < -0.3 is 25.0 Å². The first-order valence-corrected chi connectivity index (χ1v) is 19.8. The van der Waals surface area contributed by atoms with E-state index < -0.39 is 17.1 Å². The number of halogens is 1. The van der Waals surface area contributed by atoms with Crippen LogP contribution in [0.1, 0.15) is 112 Å². The van der Waals surface area contributed by atoms with Crippen molar-refractivity contribution in [3.05, 3.63) is 76.3 Å². The Labute approximate surface area is 334 Å². The molecule has 3 aromatic rings. The summed E-state index contributed by atoms with van der Waals surface area (Å²) >= 11 is 6.50. The van der Waals surface area contributed by atoms with Crippen LogP contribution in [0.3, 0.4) is 0 Å². The van der Waals surface area contributed by atoms with Gasteiger partial charge in [0.2, 0.25) is 5.91 Å². The Morgan fingerprint density at radius 3 is 2.09 bits per heavy atom. The van der Waals surface area contributed by atoms with Crippen molar-refractivity contribution in [1.29, 1.82) is 0 Å². The molecular formula is C45H63ClN4O5. The second-order valence-electron chi connectivity index (χ2n) is 16.4. The summed E-state index contributed by atoms with van der Waals surface area (Å²) < 4.78 is 11.4. The Hall–Kier alpha value is -4.21. The standard InChI is InChI=1S/C45H63ClN4O5/c1-13-44(8,9)34-21-20-33(29-35(34)45(10,11)14-2)55-25-16-17-39(51)47-31-18-22-36(46)38(28-31)49-42(53)40(41(52)43(5,6)7)48-37-23-19-32(27-30(37)4)50(15-3)24-26-54-12/h18-23,27-29H,13-17,24-26H2,1-12H3,(H,47,51)(H,49,53). The molecule has 10 heteroatoms. The molecule has 0 aromatic heterocycles. The minimum absolute atomic E-state index is 0.00110. The Morgan fingerprint density at radius 2 is 1.49 bits per heavy atom. The first-order chi connectivity index (χ1) is 25.8. The number of carbonyl (C=O) groups is 3. The Bertz CT molecular complexity index is 1840. The lowest BCUT2D eigenvalue weighted by Crippen LogP contribution is -2.37. The second kappa shape index (κ2) is 19.6. The lowest BCUT2D eigenvalue weighted by atomic mass is 9.71. The fraction of sp³-hybridized carbons (Fsp3) is 0.511. The van der Waals surface area contributed by atoms with Crippen molar-refractivity contribution in [2.24, 2.45) is 10.4 Å². The number of rotatable bonds is 19. The third-order valence-electron chi connectivity index (χ3n) is 10.4. The van der Waals surface area contributed by atoms with Crippen LogP contribution in [0, 0.1) is 12.3 Å². The van der Waals surface area contributed by atoms with Gasteiger partial charge in [0.1, 0.15) is 5.75 Å². The molecule has 55 heavy (non-hydrogen) atoms. The summed E-state index contributed by atoms with van der Waals surface area (Å²) in [4.78, 5) is 47.1. The molecule has 3 rings (SSSR count). The van der Waals surface area contributed by atoms with Crippen LogP contribution in [-0.2, 0) is 30.0 Å². The SMILES string of the molecule is CCN(CCOC)c1ccc(N=C(C(=O)Nc2cc(NC(=O)CCCOc3ccc(C(C)(C)CC)c(C(C)(C)CC)c3)ccc2Cl)C(=O)C(C)(C)C)c(C)c1. The highest BCUT2D eigenvalue weighted by Gasteiger charge is 2.32. The number of aryl methyl sites for hydroxylation is 1. The fourth-order valence-corrected chi connectivity index (χ4v) is 6.15. The number of anilines is 3. The van der Waals surface area contributed by atoms with Crippen molar-refractivity contribution < 1.29 is 23.9 Å². The van der Waals surface area contributed by atoms with Crippen molar-refractivity contribution in [3.8, 4) is 5.75 Å². The molecule has 0 atom stereocenters. The zero-order chi connectivity index (χ0) is 41.1. The summed E-state index contributed by atoms with van der Waals surface area (Å²) in [5.74, 6) is -0.522. The maximum atomic E-state index is 13.8. The molecule has 0 radical (unpaired) electrons. The number of nitrogens with zero attached hydrogens (tertiary/aromatic N) is 2. The van der Waals surface area contributed by atoms with Crippen LogP contribution in [0.4, 0.5) is 22.7 Å². The van der Waals surface area contributed by atoms with Crippen molar-refractivity contribution in [1.82, 2.24) is 0 Å². The van der Waals surface area contributed by atoms with Crippen LogP contribution in [-0.4, -0.2) is 56.7 Å². The number of likely N-dealkylation sites (N-methyl/N-ethyl adjacent to an activating group) is 1. The Morgan fingerprint density at radius 1 is 0.818 bits per heavy atom. The number of methoxy groups -OCH3 is 1. The Kier molecular flexibility index (Phi) is 16.1. The molecule has 2 amide bonds. The maximum absolute atomic E-state index is 13.8. The summed E-state index contributed by atoms with van der Waals surface area (Å²) in [7, 11) is 1.67. The van der Waals surface area contributed by atoms with Crippen molar-refractivity contribution >= 4 is 57.7 Å².